The van der Waals surface area contributed by atoms with Crippen LogP contribution in [0.15, 0.2) is 140 Å². The number of ether oxygens (including phenoxy) is 2. The minimum Gasteiger partial charge on any atom is -0.444 e. The molecule has 3 aliphatic heterocycles. The molecular weight excluding hydrogens is 1030 g/mol. The van der Waals surface area contributed by atoms with Gasteiger partial charge in [0.15, 0.2) is 0 Å². The van der Waals surface area contributed by atoms with Gasteiger partial charge in [-0.2, -0.15) is 0 Å². The molecule has 5 amide bonds. The summed E-state index contributed by atoms with van der Waals surface area (Å²) in [4.78, 5) is 77.9. The number of nitrogens with zero attached hydrogens (tertiary/aromatic N) is 3. The summed E-state index contributed by atoms with van der Waals surface area (Å²) in [5, 5.41) is 32.3. The third-order valence-electron chi connectivity index (χ3n) is 15.3. The normalized spacial score (nSPS) is 18.6. The van der Waals surface area contributed by atoms with Gasteiger partial charge < -0.3 is 58.3 Å². The number of hydrogen-bond donors (Lipinski definition) is 4. The zero-order valence-corrected chi connectivity index (χ0v) is 47.4. The third kappa shape index (κ3) is 13.4. The molecular formula is C62H77N5O12Si. The summed E-state index contributed by atoms with van der Waals surface area (Å²) in [5.41, 5.74) is -1.67. The number of hydrogen-bond acceptors (Lipinski definition) is 12. The lowest BCUT2D eigenvalue weighted by molar-refractivity contribution is -0.00153. The average molecular weight is 1110 g/mol. The summed E-state index contributed by atoms with van der Waals surface area (Å²) in [5.74, 6) is -1.61. The predicted octanol–water partition coefficient (Wildman–Crippen LogP) is 8.65. The molecule has 5 aromatic carbocycles. The van der Waals surface area contributed by atoms with E-state index < -0.39 is 68.3 Å². The van der Waals surface area contributed by atoms with Gasteiger partial charge in [-0.05, 0) is 93.3 Å². The first-order valence-electron chi connectivity index (χ1n) is 28.3. The molecule has 0 saturated carbocycles. The molecule has 0 aromatic heterocycles. The second-order valence-electron chi connectivity index (χ2n) is 20.6. The van der Waals surface area contributed by atoms with Gasteiger partial charge in [0.2, 0.25) is 0 Å². The molecule has 0 radical (unpaired) electrons. The van der Waals surface area contributed by atoms with Crippen molar-refractivity contribution in [3.63, 3.8) is 0 Å². The first-order valence-corrected chi connectivity index (χ1v) is 30.3. The fourth-order valence-electron chi connectivity index (χ4n) is 11.6. The van der Waals surface area contributed by atoms with Crippen LogP contribution in [0.2, 0.25) is 6.04 Å². The molecule has 0 unspecified atom stereocenters. The fraction of sp³-hybridized carbons (Fsp3) is 0.435. The molecule has 0 bridgehead atoms. The lowest BCUT2D eigenvalue weighted by atomic mass is 9.78. The van der Waals surface area contributed by atoms with Gasteiger partial charge in [0.05, 0.1) is 25.2 Å². The van der Waals surface area contributed by atoms with E-state index in [0.717, 1.165) is 19.3 Å². The van der Waals surface area contributed by atoms with E-state index in [1.165, 1.54) is 28.0 Å². The fourth-order valence-corrected chi connectivity index (χ4v) is 14.2. The lowest BCUT2D eigenvalue weighted by Crippen LogP contribution is -2.51. The van der Waals surface area contributed by atoms with E-state index in [4.69, 9.17) is 22.8 Å². The number of likely N-dealkylation sites (tertiary alicyclic amines) is 3. The monoisotopic (exact) mass is 1110 g/mol. The van der Waals surface area contributed by atoms with Crippen molar-refractivity contribution in [2.24, 2.45) is 0 Å². The molecule has 426 valence electrons. The third-order valence-corrected chi connectivity index (χ3v) is 18.4. The lowest BCUT2D eigenvalue weighted by Gasteiger charge is -2.40. The van der Waals surface area contributed by atoms with Gasteiger partial charge in [0.25, 0.3) is 17.7 Å². The van der Waals surface area contributed by atoms with E-state index in [1.807, 2.05) is 52.0 Å². The van der Waals surface area contributed by atoms with Gasteiger partial charge in [0.1, 0.15) is 23.4 Å². The highest BCUT2D eigenvalue weighted by Gasteiger charge is 2.53. The molecule has 4 N–H and O–H groups in total. The summed E-state index contributed by atoms with van der Waals surface area (Å²) in [6.45, 7) is 10.1. The number of benzene rings is 5. The number of nitrogens with one attached hydrogen (secondary N) is 2. The maximum atomic E-state index is 15.8. The minimum atomic E-state index is -2.99. The highest BCUT2D eigenvalue weighted by Crippen LogP contribution is 2.44. The van der Waals surface area contributed by atoms with Crippen molar-refractivity contribution >= 4 is 38.7 Å². The Balaban J connectivity index is 1.18. The molecule has 0 spiro atoms. The number of piperidine rings is 1. The van der Waals surface area contributed by atoms with E-state index in [-0.39, 0.29) is 55.1 Å². The smallest absolute Gasteiger partial charge is 0.444 e. The van der Waals surface area contributed by atoms with Gasteiger partial charge >= 0.3 is 21.0 Å². The van der Waals surface area contributed by atoms with Crippen molar-refractivity contribution < 1.29 is 56.9 Å². The van der Waals surface area contributed by atoms with Gasteiger partial charge in [-0.1, -0.05) is 128 Å². The SMILES string of the molecule is CCCNC(=O)O[C@@H]1C[C@@H](C(O)(c2ccccc2)c2ccccc2)N(C(=O)c2cc(C(=O)N3CCCCC3)cc(C(=O)N3C[C@H](OC(=O)NCCC[Si](OCC)(OCC)OCC)C[C@H]3C(O)(c3ccccc3)c3ccccc3)c2)C1. The molecule has 80 heavy (non-hydrogen) atoms. The standard InChI is InChI=1S/C62H77N5O12Si/c1-5-33-63-59(71)78-52-41-54(61(73,48-25-14-9-15-26-48)49-27-16-10-17-28-49)66(43-52)57(69)46-38-45(56(68)65-35-22-13-23-36-65)39-47(40-46)58(70)67-44-53(79-60(72)64-34-24-37-80(75-6-2,76-7-3)77-8-4)42-55(67)62(74,50-29-18-11-19-30-50)51-31-20-12-21-32-51/h9-12,14-21,25-32,38-40,52-55,73-74H,5-8,13,22-24,33-37,41-44H2,1-4H3,(H,63,71)(H,64,72)/t52-,53-,54+,55+/m1/s1. The second-order valence-corrected chi connectivity index (χ2v) is 23.3. The van der Waals surface area contributed by atoms with Crippen molar-refractivity contribution in [3.05, 3.63) is 178 Å². The van der Waals surface area contributed by atoms with Crippen LogP contribution in [0.4, 0.5) is 9.59 Å². The summed E-state index contributed by atoms with van der Waals surface area (Å²) in [7, 11) is -2.99. The van der Waals surface area contributed by atoms with Crippen molar-refractivity contribution in [2.45, 2.75) is 114 Å². The van der Waals surface area contributed by atoms with Crippen molar-refractivity contribution in [1.29, 1.82) is 0 Å². The van der Waals surface area contributed by atoms with Crippen molar-refractivity contribution in [1.82, 2.24) is 25.3 Å². The zero-order chi connectivity index (χ0) is 56.7. The first-order chi connectivity index (χ1) is 38.8. The molecule has 0 aliphatic carbocycles. The topological polar surface area (TPSA) is 206 Å². The molecule has 3 saturated heterocycles. The minimum absolute atomic E-state index is 0.00686. The molecule has 3 fully saturated rings. The van der Waals surface area contributed by atoms with Crippen LogP contribution in [0, 0.1) is 0 Å². The molecule has 5 aromatic rings. The van der Waals surface area contributed by atoms with Gasteiger partial charge in [-0.25, -0.2) is 9.59 Å². The number of carbonyl (C=O) groups excluding carboxylic acids is 5. The molecule has 8 rings (SSSR count). The summed E-state index contributed by atoms with van der Waals surface area (Å²) < 4.78 is 30.1. The predicted molar refractivity (Wildman–Crippen MR) is 304 cm³/mol. The number of aliphatic hydroxyl groups is 2. The average Bonchev–Trinajstić information content (AvgIpc) is 4.24. The van der Waals surface area contributed by atoms with Crippen LogP contribution >= 0.6 is 0 Å². The number of alkyl carbamates (subject to hydrolysis) is 2. The number of carbonyl (C=O) groups is 5. The van der Waals surface area contributed by atoms with Crippen LogP contribution in [0.1, 0.15) is 126 Å². The Labute approximate surface area is 470 Å². The second kappa shape index (κ2) is 27.5. The van der Waals surface area contributed by atoms with Gasteiger partial charge in [-0.3, -0.25) is 14.4 Å². The Kier molecular flexibility index (Phi) is 20.3. The van der Waals surface area contributed by atoms with Crippen molar-refractivity contribution in [2.75, 3.05) is 59.1 Å². The molecule has 3 heterocycles. The van der Waals surface area contributed by atoms with Crippen molar-refractivity contribution in [3.8, 4) is 0 Å². The largest absolute Gasteiger partial charge is 0.500 e. The van der Waals surface area contributed by atoms with E-state index >= 15 is 9.59 Å². The quantitative estimate of drug-likeness (QED) is 0.0358. The summed E-state index contributed by atoms with van der Waals surface area (Å²) in [6.07, 6.45) is 0.565. The number of amides is 5. The Morgan fingerprint density at radius 2 is 0.887 bits per heavy atom. The van der Waals surface area contributed by atoms with E-state index in [9.17, 15) is 24.6 Å². The highest BCUT2D eigenvalue weighted by molar-refractivity contribution is 6.60. The molecule has 3 aliphatic rings. The van der Waals surface area contributed by atoms with Crippen LogP contribution in [-0.2, 0) is 34.0 Å². The Bertz CT molecular complexity index is 2750. The Hall–Kier alpha value is -6.93. The van der Waals surface area contributed by atoms with E-state index in [1.54, 1.807) is 102 Å². The summed E-state index contributed by atoms with van der Waals surface area (Å²) in [6, 6.07) is 38.8. The molecule has 17 nitrogen and oxygen atoms in total. The van der Waals surface area contributed by atoms with E-state index in [2.05, 4.69) is 10.6 Å². The zero-order valence-electron chi connectivity index (χ0n) is 46.4. The molecule has 18 heteroatoms. The maximum Gasteiger partial charge on any atom is 0.500 e. The van der Waals surface area contributed by atoms with Crippen LogP contribution in [0.3, 0.4) is 0 Å². The van der Waals surface area contributed by atoms with Crippen LogP contribution < -0.4 is 10.6 Å². The maximum absolute atomic E-state index is 15.8. The first kappa shape index (κ1) is 59.2. The number of rotatable bonds is 23. The van der Waals surface area contributed by atoms with Gasteiger partial charge in [0, 0.05) is 81.6 Å². The Morgan fingerprint density at radius 3 is 1.25 bits per heavy atom. The van der Waals surface area contributed by atoms with Crippen LogP contribution in [0.5, 0.6) is 0 Å². The van der Waals surface area contributed by atoms with Crippen LogP contribution in [0.25, 0.3) is 0 Å². The van der Waals surface area contributed by atoms with Gasteiger partial charge in [-0.15, -0.1) is 0 Å². The highest BCUT2D eigenvalue weighted by atomic mass is 28.4. The van der Waals surface area contributed by atoms with E-state index in [0.29, 0.717) is 80.6 Å². The summed E-state index contributed by atoms with van der Waals surface area (Å²) >= 11 is 0. The van der Waals surface area contributed by atoms with Crippen LogP contribution in [-0.4, -0.2) is 147 Å². The Morgan fingerprint density at radius 1 is 0.525 bits per heavy atom. The molecule has 4 atom stereocenters.